The maximum atomic E-state index is 13.0. The molecule has 10 nitrogen and oxygen atoms in total. The molecule has 9 N–H and O–H groups in total. The zero-order valence-electron chi connectivity index (χ0n) is 21.4. The summed E-state index contributed by atoms with van der Waals surface area (Å²) in [5.41, 5.74) is 16.3. The molecule has 0 radical (unpaired) electrons. The number of rotatable bonds is 12. The highest BCUT2D eigenvalue weighted by Gasteiger charge is 2.31. The SMILES string of the molecule is NCCN(CN)C(=O)CC[C@H](N)C(=O)N[C@H](Cc1ccc(C(F)(F)F)cc1)C(=O)Nc1cc(Cl)ccc1O.[Cl-].[Cl-].[Cl-]. The lowest BCUT2D eigenvalue weighted by molar-refractivity contribution is -0.137. The minimum atomic E-state index is -4.54. The minimum Gasteiger partial charge on any atom is -1.00 e. The number of nitrogens with two attached hydrogens (primary N) is 3. The van der Waals surface area contributed by atoms with E-state index in [2.05, 4.69) is 10.6 Å². The van der Waals surface area contributed by atoms with Gasteiger partial charge in [0.2, 0.25) is 17.7 Å². The summed E-state index contributed by atoms with van der Waals surface area (Å²) in [4.78, 5) is 39.4. The number of nitrogens with one attached hydrogen (secondary N) is 2. The van der Waals surface area contributed by atoms with E-state index in [1.807, 2.05) is 0 Å². The van der Waals surface area contributed by atoms with Crippen molar-refractivity contribution in [1.29, 1.82) is 0 Å². The average Bonchev–Trinajstić information content (AvgIpc) is 2.87. The summed E-state index contributed by atoms with van der Waals surface area (Å²) in [5, 5.41) is 15.2. The van der Waals surface area contributed by atoms with Crippen LogP contribution in [-0.2, 0) is 27.0 Å². The van der Waals surface area contributed by atoms with Crippen LogP contribution in [0.3, 0.4) is 0 Å². The lowest BCUT2D eigenvalue weighted by atomic mass is 10.0. The van der Waals surface area contributed by atoms with E-state index in [-0.39, 0.29) is 98.6 Å². The van der Waals surface area contributed by atoms with E-state index >= 15 is 0 Å². The van der Waals surface area contributed by atoms with Gasteiger partial charge in [-0.25, -0.2) is 0 Å². The van der Waals surface area contributed by atoms with Gasteiger partial charge in [-0.1, -0.05) is 23.7 Å². The van der Waals surface area contributed by atoms with Crippen molar-refractivity contribution >= 4 is 35.0 Å². The molecular weight excluding hydrogens is 635 g/mol. The Morgan fingerprint density at radius 3 is 2.15 bits per heavy atom. The van der Waals surface area contributed by atoms with E-state index in [0.29, 0.717) is 5.56 Å². The van der Waals surface area contributed by atoms with Gasteiger partial charge in [-0.3, -0.25) is 14.4 Å². The molecule has 0 aliphatic heterocycles. The second-order valence-corrected chi connectivity index (χ2v) is 8.82. The van der Waals surface area contributed by atoms with Crippen LogP contribution >= 0.6 is 11.6 Å². The molecule has 232 valence electrons. The summed E-state index contributed by atoms with van der Waals surface area (Å²) in [6.45, 7) is 0.393. The van der Waals surface area contributed by atoms with E-state index in [1.54, 1.807) is 0 Å². The van der Waals surface area contributed by atoms with Crippen LogP contribution in [0, 0.1) is 0 Å². The number of halogens is 7. The number of aromatic hydroxyl groups is 1. The van der Waals surface area contributed by atoms with Crippen molar-refractivity contribution < 1.29 is 69.9 Å². The number of nitrogens with zero attached hydrogens (tertiary/aromatic N) is 1. The third kappa shape index (κ3) is 12.9. The Kier molecular flexibility index (Phi) is 18.6. The Balaban J connectivity index is 0. The largest absolute Gasteiger partial charge is 1.00 e. The molecule has 0 heterocycles. The van der Waals surface area contributed by atoms with Crippen LogP contribution in [0.2, 0.25) is 5.02 Å². The highest BCUT2D eigenvalue weighted by Crippen LogP contribution is 2.29. The number of alkyl halides is 3. The molecule has 2 aromatic carbocycles. The summed E-state index contributed by atoms with van der Waals surface area (Å²) in [6.07, 6.45) is -4.89. The second-order valence-electron chi connectivity index (χ2n) is 8.38. The molecule has 0 saturated carbocycles. The molecule has 41 heavy (non-hydrogen) atoms. The molecule has 0 aromatic heterocycles. The van der Waals surface area contributed by atoms with Gasteiger partial charge in [0, 0.05) is 31.0 Å². The molecule has 0 fully saturated rings. The molecule has 0 aliphatic carbocycles. The number of hydrogen-bond acceptors (Lipinski definition) is 7. The molecule has 2 rings (SSSR count). The first kappa shape index (κ1) is 40.6. The zero-order valence-corrected chi connectivity index (χ0v) is 24.5. The highest BCUT2D eigenvalue weighted by molar-refractivity contribution is 6.31. The molecular formula is C24H30Cl4F3N6O4-3. The fourth-order valence-corrected chi connectivity index (χ4v) is 3.60. The van der Waals surface area contributed by atoms with Crippen LogP contribution in [0.4, 0.5) is 18.9 Å². The van der Waals surface area contributed by atoms with Crippen LogP contribution in [0.15, 0.2) is 42.5 Å². The number of hydrogen-bond donors (Lipinski definition) is 6. The van der Waals surface area contributed by atoms with Crippen LogP contribution in [0.5, 0.6) is 5.75 Å². The van der Waals surface area contributed by atoms with Crippen molar-refractivity contribution in [1.82, 2.24) is 10.2 Å². The Morgan fingerprint density at radius 1 is 1.00 bits per heavy atom. The monoisotopic (exact) mass is 663 g/mol. The normalized spacial score (nSPS) is 12.0. The van der Waals surface area contributed by atoms with Crippen molar-refractivity contribution in [2.75, 3.05) is 25.1 Å². The van der Waals surface area contributed by atoms with Gasteiger partial charge in [-0.15, -0.1) is 0 Å². The molecule has 0 saturated heterocycles. The molecule has 2 atom stereocenters. The second kappa shape index (κ2) is 18.8. The summed E-state index contributed by atoms with van der Waals surface area (Å²) < 4.78 is 38.8. The van der Waals surface area contributed by atoms with E-state index in [9.17, 15) is 32.7 Å². The third-order valence-corrected chi connectivity index (χ3v) is 5.78. The number of phenolic OH excluding ortho intramolecular Hbond substituents is 1. The first-order chi connectivity index (χ1) is 17.8. The third-order valence-electron chi connectivity index (χ3n) is 5.55. The standard InChI is InChI=1S/C24H30ClF3N6O4.3ClH/c25-16-5-7-20(35)18(12-16)32-23(38)19(11-14-1-3-15(4-2-14)24(26,27)28)33-22(37)17(31)6-8-21(36)34(13-30)10-9-29;;;/h1-5,7,12,17,19,35H,6,8-11,13,29-31H2,(H,32,38)(H,33,37);3*1H/p-3/t17-,19+;;;/m0.../s1. The van der Waals surface area contributed by atoms with Gasteiger partial charge in [0.15, 0.2) is 0 Å². The highest BCUT2D eigenvalue weighted by atomic mass is 35.5. The van der Waals surface area contributed by atoms with E-state index in [1.165, 1.54) is 35.2 Å². The van der Waals surface area contributed by atoms with Gasteiger partial charge < -0.3 is 75.1 Å². The molecule has 0 aliphatic rings. The number of amides is 3. The van der Waals surface area contributed by atoms with Gasteiger partial charge in [0.1, 0.15) is 11.8 Å². The Hall–Kier alpha value is -2.52. The smallest absolute Gasteiger partial charge is 0.416 e. The van der Waals surface area contributed by atoms with Crippen LogP contribution in [-0.4, -0.2) is 59.6 Å². The van der Waals surface area contributed by atoms with Crippen LogP contribution < -0.4 is 65.1 Å². The quantitative estimate of drug-likeness (QED) is 0.0965. The predicted octanol–water partition coefficient (Wildman–Crippen LogP) is -7.45. The Morgan fingerprint density at radius 2 is 1.61 bits per heavy atom. The molecule has 0 unspecified atom stereocenters. The lowest BCUT2D eigenvalue weighted by Crippen LogP contribution is -3.00. The topological polar surface area (TPSA) is 177 Å². The van der Waals surface area contributed by atoms with Crippen molar-refractivity contribution in [2.24, 2.45) is 17.2 Å². The van der Waals surface area contributed by atoms with E-state index in [0.717, 1.165) is 12.1 Å². The summed E-state index contributed by atoms with van der Waals surface area (Å²) in [7, 11) is 0. The molecule has 0 bridgehead atoms. The van der Waals surface area contributed by atoms with Gasteiger partial charge in [0.05, 0.1) is 24.0 Å². The number of carbonyl (C=O) groups excluding carboxylic acids is 3. The molecule has 0 spiro atoms. The van der Waals surface area contributed by atoms with Crippen molar-refractivity contribution in [2.45, 2.75) is 37.5 Å². The van der Waals surface area contributed by atoms with Crippen molar-refractivity contribution in [3.05, 3.63) is 58.6 Å². The fourth-order valence-electron chi connectivity index (χ4n) is 3.42. The van der Waals surface area contributed by atoms with Crippen LogP contribution in [0.1, 0.15) is 24.0 Å². The zero-order chi connectivity index (χ0) is 28.5. The van der Waals surface area contributed by atoms with Gasteiger partial charge in [-0.05, 0) is 42.3 Å². The maximum absolute atomic E-state index is 13.0. The first-order valence-corrected chi connectivity index (χ1v) is 11.9. The van der Waals surface area contributed by atoms with Crippen molar-refractivity contribution in [3.8, 4) is 5.75 Å². The number of benzene rings is 2. The minimum absolute atomic E-state index is 0. The number of anilines is 1. The van der Waals surface area contributed by atoms with Gasteiger partial charge in [-0.2, -0.15) is 13.2 Å². The average molecular weight is 665 g/mol. The summed E-state index contributed by atoms with van der Waals surface area (Å²) in [5.74, 6) is -2.19. The lowest BCUT2D eigenvalue weighted by Gasteiger charge is -2.23. The number of carbonyl (C=O) groups is 3. The van der Waals surface area contributed by atoms with E-state index in [4.69, 9.17) is 28.8 Å². The van der Waals surface area contributed by atoms with Gasteiger partial charge >= 0.3 is 6.18 Å². The maximum Gasteiger partial charge on any atom is 0.416 e. The van der Waals surface area contributed by atoms with Crippen molar-refractivity contribution in [3.63, 3.8) is 0 Å². The predicted molar refractivity (Wildman–Crippen MR) is 136 cm³/mol. The summed E-state index contributed by atoms with van der Waals surface area (Å²) >= 11 is 5.91. The fraction of sp³-hybridized carbons (Fsp3) is 0.375. The summed E-state index contributed by atoms with van der Waals surface area (Å²) in [6, 6.07) is 5.54. The van der Waals surface area contributed by atoms with Crippen LogP contribution in [0.25, 0.3) is 0 Å². The first-order valence-electron chi connectivity index (χ1n) is 11.5. The Labute approximate surface area is 258 Å². The van der Waals surface area contributed by atoms with E-state index < -0.39 is 35.6 Å². The Bertz CT molecular complexity index is 1130. The number of phenols is 1. The molecule has 17 heteroatoms. The molecule has 2 aromatic rings. The molecule has 3 amide bonds. The van der Waals surface area contributed by atoms with Gasteiger partial charge in [0.25, 0.3) is 0 Å².